The standard InChI is InChI=1S/C22H21Cl2NO2S/c1-16-7-10-20(11-8-16)28(26,27)25-15-19(13-17-5-3-2-4-6-17)18-9-12-21(23)22(24)14-18/h2-12,14,19,25H,13,15H2,1H3. The summed E-state index contributed by atoms with van der Waals surface area (Å²) in [6, 6.07) is 22.2. The number of hydrogen-bond acceptors (Lipinski definition) is 2. The molecule has 0 radical (unpaired) electrons. The molecule has 0 fully saturated rings. The molecular weight excluding hydrogens is 413 g/mol. The third-order valence-corrected chi connectivity index (χ3v) is 6.77. The van der Waals surface area contributed by atoms with Gasteiger partial charge in [-0.05, 0) is 48.7 Å². The monoisotopic (exact) mass is 433 g/mol. The Morgan fingerprint density at radius 3 is 2.21 bits per heavy atom. The summed E-state index contributed by atoms with van der Waals surface area (Å²) in [6.07, 6.45) is 0.676. The van der Waals surface area contributed by atoms with E-state index < -0.39 is 10.0 Å². The van der Waals surface area contributed by atoms with Gasteiger partial charge in [0.1, 0.15) is 0 Å². The molecule has 0 aromatic heterocycles. The van der Waals surface area contributed by atoms with E-state index in [0.717, 1.165) is 16.7 Å². The highest BCUT2D eigenvalue weighted by Gasteiger charge is 2.19. The van der Waals surface area contributed by atoms with Crippen molar-refractivity contribution < 1.29 is 8.42 Å². The Kier molecular flexibility index (Phi) is 6.78. The van der Waals surface area contributed by atoms with Gasteiger partial charge in [-0.1, -0.05) is 77.3 Å². The molecule has 0 aliphatic carbocycles. The second kappa shape index (κ2) is 9.10. The van der Waals surface area contributed by atoms with Gasteiger partial charge in [0.15, 0.2) is 0 Å². The van der Waals surface area contributed by atoms with E-state index in [-0.39, 0.29) is 17.4 Å². The van der Waals surface area contributed by atoms with Crippen molar-refractivity contribution >= 4 is 33.2 Å². The zero-order chi connectivity index (χ0) is 20.1. The van der Waals surface area contributed by atoms with Crippen LogP contribution in [0.5, 0.6) is 0 Å². The summed E-state index contributed by atoms with van der Waals surface area (Å²) in [6.45, 7) is 2.17. The Hall–Kier alpha value is -1.85. The lowest BCUT2D eigenvalue weighted by molar-refractivity contribution is 0.568. The second-order valence-corrected chi connectivity index (χ2v) is 9.31. The van der Waals surface area contributed by atoms with Crippen LogP contribution >= 0.6 is 23.2 Å². The van der Waals surface area contributed by atoms with Crippen molar-refractivity contribution in [1.82, 2.24) is 4.72 Å². The van der Waals surface area contributed by atoms with Gasteiger partial charge in [-0.3, -0.25) is 0 Å². The van der Waals surface area contributed by atoms with Gasteiger partial charge in [0, 0.05) is 12.5 Å². The summed E-state index contributed by atoms with van der Waals surface area (Å²) in [5.41, 5.74) is 3.06. The molecule has 0 heterocycles. The van der Waals surface area contributed by atoms with Gasteiger partial charge < -0.3 is 0 Å². The fourth-order valence-electron chi connectivity index (χ4n) is 2.98. The van der Waals surface area contributed by atoms with Gasteiger partial charge in [0.2, 0.25) is 10.0 Å². The number of aryl methyl sites for hydroxylation is 1. The molecule has 28 heavy (non-hydrogen) atoms. The molecule has 0 saturated heterocycles. The normalized spacial score (nSPS) is 12.7. The molecule has 3 aromatic rings. The van der Waals surface area contributed by atoms with Crippen LogP contribution in [0.1, 0.15) is 22.6 Å². The van der Waals surface area contributed by atoms with Crippen molar-refractivity contribution in [2.45, 2.75) is 24.2 Å². The maximum Gasteiger partial charge on any atom is 0.240 e. The van der Waals surface area contributed by atoms with Crippen LogP contribution < -0.4 is 4.72 Å². The van der Waals surface area contributed by atoms with Crippen molar-refractivity contribution in [3.8, 4) is 0 Å². The number of rotatable bonds is 7. The van der Waals surface area contributed by atoms with Crippen molar-refractivity contribution in [3.63, 3.8) is 0 Å². The summed E-state index contributed by atoms with van der Waals surface area (Å²) >= 11 is 12.2. The molecule has 0 bridgehead atoms. The summed E-state index contributed by atoms with van der Waals surface area (Å²) in [7, 11) is -3.60. The van der Waals surface area contributed by atoms with Crippen LogP contribution in [0, 0.1) is 6.92 Å². The zero-order valence-corrected chi connectivity index (χ0v) is 17.7. The van der Waals surface area contributed by atoms with Crippen molar-refractivity contribution in [2.75, 3.05) is 6.54 Å². The van der Waals surface area contributed by atoms with Gasteiger partial charge in [-0.15, -0.1) is 0 Å². The average Bonchev–Trinajstić information content (AvgIpc) is 2.68. The molecule has 0 aliphatic heterocycles. The van der Waals surface area contributed by atoms with E-state index in [2.05, 4.69) is 4.72 Å². The Morgan fingerprint density at radius 2 is 1.57 bits per heavy atom. The SMILES string of the molecule is Cc1ccc(S(=O)(=O)NCC(Cc2ccccc2)c2ccc(Cl)c(Cl)c2)cc1. The predicted octanol–water partition coefficient (Wildman–Crippen LogP) is 5.61. The Bertz CT molecular complexity index is 1040. The number of sulfonamides is 1. The van der Waals surface area contributed by atoms with Gasteiger partial charge in [-0.25, -0.2) is 13.1 Å². The Morgan fingerprint density at radius 1 is 0.893 bits per heavy atom. The van der Waals surface area contributed by atoms with E-state index in [9.17, 15) is 8.42 Å². The van der Waals surface area contributed by atoms with Gasteiger partial charge in [0.05, 0.1) is 14.9 Å². The lowest BCUT2D eigenvalue weighted by atomic mass is 9.92. The van der Waals surface area contributed by atoms with Gasteiger partial charge in [0.25, 0.3) is 0 Å². The molecule has 0 saturated carbocycles. The fourth-order valence-corrected chi connectivity index (χ4v) is 4.37. The molecule has 0 spiro atoms. The average molecular weight is 434 g/mol. The molecular formula is C22H21Cl2NO2S. The van der Waals surface area contributed by atoms with Crippen LogP contribution in [0.25, 0.3) is 0 Å². The predicted molar refractivity (Wildman–Crippen MR) is 116 cm³/mol. The minimum atomic E-state index is -3.60. The maximum atomic E-state index is 12.7. The summed E-state index contributed by atoms with van der Waals surface area (Å²) in [5, 5.41) is 0.933. The second-order valence-electron chi connectivity index (χ2n) is 6.73. The number of hydrogen-bond donors (Lipinski definition) is 1. The number of halogens is 2. The number of nitrogens with one attached hydrogen (secondary N) is 1. The fraction of sp³-hybridized carbons (Fsp3) is 0.182. The Balaban J connectivity index is 1.84. The minimum absolute atomic E-state index is 0.0857. The molecule has 1 N–H and O–H groups in total. The van der Waals surface area contributed by atoms with Crippen LogP contribution in [-0.2, 0) is 16.4 Å². The van der Waals surface area contributed by atoms with E-state index >= 15 is 0 Å². The van der Waals surface area contributed by atoms with E-state index in [4.69, 9.17) is 23.2 Å². The van der Waals surface area contributed by atoms with Crippen molar-refractivity contribution in [2.24, 2.45) is 0 Å². The third kappa shape index (κ3) is 5.36. The van der Waals surface area contributed by atoms with E-state index in [0.29, 0.717) is 16.5 Å². The van der Waals surface area contributed by atoms with Gasteiger partial charge in [-0.2, -0.15) is 0 Å². The smallest absolute Gasteiger partial charge is 0.211 e. The van der Waals surface area contributed by atoms with Crippen molar-refractivity contribution in [1.29, 1.82) is 0 Å². The lowest BCUT2D eigenvalue weighted by Gasteiger charge is -2.19. The first kappa shape index (κ1) is 20.9. The molecule has 146 valence electrons. The first-order valence-electron chi connectivity index (χ1n) is 8.90. The molecule has 1 atom stereocenters. The number of benzene rings is 3. The quantitative estimate of drug-likeness (QED) is 0.526. The minimum Gasteiger partial charge on any atom is -0.211 e. The molecule has 3 nitrogen and oxygen atoms in total. The van der Waals surface area contributed by atoms with Crippen LogP contribution in [0.15, 0.2) is 77.7 Å². The molecule has 6 heteroatoms. The van der Waals surface area contributed by atoms with E-state index in [1.165, 1.54) is 0 Å². The molecule has 3 rings (SSSR count). The highest BCUT2D eigenvalue weighted by molar-refractivity contribution is 7.89. The summed E-state index contributed by atoms with van der Waals surface area (Å²) in [4.78, 5) is 0.255. The van der Waals surface area contributed by atoms with E-state index in [1.807, 2.05) is 43.3 Å². The van der Waals surface area contributed by atoms with Crippen LogP contribution in [-0.4, -0.2) is 15.0 Å². The molecule has 1 unspecified atom stereocenters. The highest BCUT2D eigenvalue weighted by Crippen LogP contribution is 2.28. The van der Waals surface area contributed by atoms with Gasteiger partial charge >= 0.3 is 0 Å². The topological polar surface area (TPSA) is 46.2 Å². The largest absolute Gasteiger partial charge is 0.240 e. The first-order valence-corrected chi connectivity index (χ1v) is 11.1. The van der Waals surface area contributed by atoms with Crippen LogP contribution in [0.2, 0.25) is 10.0 Å². The summed E-state index contributed by atoms with van der Waals surface area (Å²) in [5.74, 6) is -0.0857. The summed E-state index contributed by atoms with van der Waals surface area (Å²) < 4.78 is 28.1. The van der Waals surface area contributed by atoms with Crippen LogP contribution in [0.4, 0.5) is 0 Å². The maximum absolute atomic E-state index is 12.7. The first-order chi connectivity index (χ1) is 13.3. The lowest BCUT2D eigenvalue weighted by Crippen LogP contribution is -2.29. The molecule has 0 aliphatic rings. The molecule has 3 aromatic carbocycles. The van der Waals surface area contributed by atoms with Crippen LogP contribution in [0.3, 0.4) is 0 Å². The zero-order valence-electron chi connectivity index (χ0n) is 15.4. The third-order valence-electron chi connectivity index (χ3n) is 4.59. The highest BCUT2D eigenvalue weighted by atomic mass is 35.5. The van der Waals surface area contributed by atoms with E-state index in [1.54, 1.807) is 36.4 Å². The Labute approximate surface area is 176 Å². The molecule has 0 amide bonds. The van der Waals surface area contributed by atoms with Crippen molar-refractivity contribution in [3.05, 3.63) is 99.5 Å².